The standard InChI is InChI=1S/C23H33Cl2F3N4O/c1-3-30(2)22(33)29-17-9-7-16(8-10-17)11-12-31-13-14-32(20(15-31)23(26,27)28)19-6-4-5-18(24)21(19)25/h4-6,16-17,20H,3,7-15H2,1-2H3,(H,29,33)/t16?,17?,20-/m0/s1. The number of anilines is 1. The van der Waals surface area contributed by atoms with Gasteiger partial charge in [-0.2, -0.15) is 13.2 Å². The zero-order chi connectivity index (χ0) is 24.2. The van der Waals surface area contributed by atoms with E-state index in [9.17, 15) is 18.0 Å². The van der Waals surface area contributed by atoms with E-state index in [1.807, 2.05) is 11.8 Å². The molecule has 0 aromatic heterocycles. The summed E-state index contributed by atoms with van der Waals surface area (Å²) in [6, 6.07) is 3.32. The van der Waals surface area contributed by atoms with Crippen LogP contribution in [0.2, 0.25) is 10.0 Å². The average molecular weight is 509 g/mol. The number of carbonyl (C=O) groups is 1. The summed E-state index contributed by atoms with van der Waals surface area (Å²) >= 11 is 12.3. The largest absolute Gasteiger partial charge is 0.409 e. The van der Waals surface area contributed by atoms with Crippen LogP contribution < -0.4 is 10.2 Å². The van der Waals surface area contributed by atoms with E-state index in [1.54, 1.807) is 30.1 Å². The second-order valence-electron chi connectivity index (χ2n) is 9.09. The highest BCUT2D eigenvalue weighted by Gasteiger charge is 2.47. The van der Waals surface area contributed by atoms with E-state index in [0.717, 1.165) is 32.1 Å². The Hall–Kier alpha value is -1.38. The molecule has 5 nitrogen and oxygen atoms in total. The third-order valence-electron chi connectivity index (χ3n) is 6.93. The SMILES string of the molecule is CCN(C)C(=O)NC1CCC(CCN2CCN(c3cccc(Cl)c3Cl)[C@H](C(F)(F)F)C2)CC1. The summed E-state index contributed by atoms with van der Waals surface area (Å²) in [5, 5.41) is 3.49. The van der Waals surface area contributed by atoms with E-state index in [2.05, 4.69) is 5.32 Å². The number of piperazine rings is 1. The van der Waals surface area contributed by atoms with Crippen LogP contribution in [0.5, 0.6) is 0 Å². The summed E-state index contributed by atoms with van der Waals surface area (Å²) in [6.45, 7) is 3.95. The summed E-state index contributed by atoms with van der Waals surface area (Å²) in [7, 11) is 1.77. The van der Waals surface area contributed by atoms with Crippen LogP contribution in [-0.4, -0.2) is 73.9 Å². The van der Waals surface area contributed by atoms with E-state index < -0.39 is 12.2 Å². The van der Waals surface area contributed by atoms with Crippen molar-refractivity contribution < 1.29 is 18.0 Å². The molecule has 10 heteroatoms. The second kappa shape index (κ2) is 11.4. The van der Waals surface area contributed by atoms with Crippen LogP contribution in [0.15, 0.2) is 18.2 Å². The first-order valence-corrected chi connectivity index (χ1v) is 12.4. The maximum atomic E-state index is 13.9. The Morgan fingerprint density at radius 1 is 1.18 bits per heavy atom. The Morgan fingerprint density at radius 3 is 2.52 bits per heavy atom. The normalized spacial score (nSPS) is 24.6. The summed E-state index contributed by atoms with van der Waals surface area (Å²) in [4.78, 5) is 16.9. The summed E-state index contributed by atoms with van der Waals surface area (Å²) in [5.41, 5.74) is 0.334. The molecule has 1 saturated carbocycles. The molecule has 1 aromatic carbocycles. The minimum atomic E-state index is -4.37. The van der Waals surface area contributed by atoms with Gasteiger partial charge in [0.25, 0.3) is 0 Å². The fourth-order valence-corrected chi connectivity index (χ4v) is 5.12. The van der Waals surface area contributed by atoms with Gasteiger partial charge in [-0.1, -0.05) is 29.3 Å². The number of nitrogens with one attached hydrogen (secondary N) is 1. The maximum Gasteiger partial charge on any atom is 0.409 e. The number of urea groups is 1. The molecule has 0 unspecified atom stereocenters. The molecule has 1 atom stereocenters. The van der Waals surface area contributed by atoms with Crippen LogP contribution in [0.1, 0.15) is 39.0 Å². The van der Waals surface area contributed by atoms with Crippen LogP contribution >= 0.6 is 23.2 Å². The van der Waals surface area contributed by atoms with Gasteiger partial charge in [-0.3, -0.25) is 4.90 Å². The quantitative estimate of drug-likeness (QED) is 0.538. The molecular weight excluding hydrogens is 476 g/mol. The van der Waals surface area contributed by atoms with Crippen molar-refractivity contribution in [3.05, 3.63) is 28.2 Å². The summed E-state index contributed by atoms with van der Waals surface area (Å²) in [6.07, 6.45) is 0.313. The van der Waals surface area contributed by atoms with Crippen molar-refractivity contribution in [1.29, 1.82) is 0 Å². The third-order valence-corrected chi connectivity index (χ3v) is 7.74. The first kappa shape index (κ1) is 26.2. The number of alkyl halides is 3. The van der Waals surface area contributed by atoms with Crippen LogP contribution in [0, 0.1) is 5.92 Å². The van der Waals surface area contributed by atoms with Gasteiger partial charge in [-0.15, -0.1) is 0 Å². The van der Waals surface area contributed by atoms with Gasteiger partial charge in [0.05, 0.1) is 15.7 Å². The van der Waals surface area contributed by atoms with Crippen LogP contribution in [0.3, 0.4) is 0 Å². The van der Waals surface area contributed by atoms with Crippen molar-refractivity contribution in [2.75, 3.05) is 44.7 Å². The van der Waals surface area contributed by atoms with Gasteiger partial charge in [0.2, 0.25) is 0 Å². The van der Waals surface area contributed by atoms with E-state index in [1.165, 1.54) is 4.90 Å². The molecule has 2 amide bonds. The first-order chi connectivity index (χ1) is 15.6. The molecule has 2 aliphatic rings. The molecule has 1 aliphatic heterocycles. The van der Waals surface area contributed by atoms with Crippen molar-refractivity contribution in [1.82, 2.24) is 15.1 Å². The van der Waals surface area contributed by atoms with Gasteiger partial charge in [0.15, 0.2) is 0 Å². The lowest BCUT2D eigenvalue weighted by molar-refractivity contribution is -0.156. The molecule has 186 valence electrons. The van der Waals surface area contributed by atoms with E-state index in [4.69, 9.17) is 23.2 Å². The molecule has 1 aromatic rings. The smallest absolute Gasteiger partial charge is 0.356 e. The maximum absolute atomic E-state index is 13.9. The van der Waals surface area contributed by atoms with Crippen molar-refractivity contribution in [3.8, 4) is 0 Å². The zero-order valence-corrected chi connectivity index (χ0v) is 20.7. The molecule has 0 radical (unpaired) electrons. The van der Waals surface area contributed by atoms with Gasteiger partial charge in [0, 0.05) is 39.3 Å². The lowest BCUT2D eigenvalue weighted by Crippen LogP contribution is -2.59. The van der Waals surface area contributed by atoms with Crippen molar-refractivity contribution in [2.24, 2.45) is 5.92 Å². The number of amides is 2. The predicted octanol–water partition coefficient (Wildman–Crippen LogP) is 5.66. The fraction of sp³-hybridized carbons (Fsp3) is 0.696. The Labute approximate surface area is 204 Å². The molecule has 0 spiro atoms. The minimum absolute atomic E-state index is 0.0446. The molecule has 0 bridgehead atoms. The molecule has 2 fully saturated rings. The molecule has 1 heterocycles. The number of hydrogen-bond donors (Lipinski definition) is 1. The summed E-state index contributed by atoms with van der Waals surface area (Å²) < 4.78 is 41.8. The average Bonchev–Trinajstić information content (AvgIpc) is 2.79. The number of rotatable bonds is 6. The van der Waals surface area contributed by atoms with Crippen LogP contribution in [-0.2, 0) is 0 Å². The number of benzene rings is 1. The van der Waals surface area contributed by atoms with E-state index in [-0.39, 0.29) is 35.2 Å². The Bertz CT molecular complexity index is 802. The number of hydrogen-bond acceptors (Lipinski definition) is 3. The molecule has 1 N–H and O–H groups in total. The van der Waals surface area contributed by atoms with E-state index >= 15 is 0 Å². The lowest BCUT2D eigenvalue weighted by Gasteiger charge is -2.44. The van der Waals surface area contributed by atoms with Crippen LogP contribution in [0.25, 0.3) is 0 Å². The fourth-order valence-electron chi connectivity index (χ4n) is 4.71. The van der Waals surface area contributed by atoms with Gasteiger partial charge in [0.1, 0.15) is 6.04 Å². The third kappa shape index (κ3) is 6.83. The lowest BCUT2D eigenvalue weighted by atomic mass is 9.84. The van der Waals surface area contributed by atoms with Gasteiger partial charge in [-0.05, 0) is 63.6 Å². The topological polar surface area (TPSA) is 38.8 Å². The number of nitrogens with zero attached hydrogens (tertiary/aromatic N) is 3. The van der Waals surface area contributed by atoms with Gasteiger partial charge >= 0.3 is 12.2 Å². The van der Waals surface area contributed by atoms with Crippen LogP contribution in [0.4, 0.5) is 23.7 Å². The highest BCUT2D eigenvalue weighted by atomic mass is 35.5. The second-order valence-corrected chi connectivity index (χ2v) is 9.88. The van der Waals surface area contributed by atoms with Crippen molar-refractivity contribution in [2.45, 2.75) is 57.3 Å². The molecule has 1 aliphatic carbocycles. The number of halogens is 5. The summed E-state index contributed by atoms with van der Waals surface area (Å²) in [5.74, 6) is 0.479. The minimum Gasteiger partial charge on any atom is -0.356 e. The Morgan fingerprint density at radius 2 is 1.88 bits per heavy atom. The highest BCUT2D eigenvalue weighted by Crippen LogP contribution is 2.38. The zero-order valence-electron chi connectivity index (χ0n) is 19.2. The molecular formula is C23H33Cl2F3N4O. The number of carbonyl (C=O) groups excluding carboxylic acids is 1. The predicted molar refractivity (Wildman–Crippen MR) is 127 cm³/mol. The molecule has 33 heavy (non-hydrogen) atoms. The molecule has 1 saturated heterocycles. The van der Waals surface area contributed by atoms with Crippen molar-refractivity contribution in [3.63, 3.8) is 0 Å². The Kier molecular flexibility index (Phi) is 9.03. The first-order valence-electron chi connectivity index (χ1n) is 11.6. The van der Waals surface area contributed by atoms with Gasteiger partial charge < -0.3 is 15.1 Å². The highest BCUT2D eigenvalue weighted by molar-refractivity contribution is 6.43. The van der Waals surface area contributed by atoms with E-state index in [0.29, 0.717) is 31.2 Å². The monoisotopic (exact) mass is 508 g/mol. The Balaban J connectivity index is 1.51. The molecule has 3 rings (SSSR count). The van der Waals surface area contributed by atoms with Gasteiger partial charge in [-0.25, -0.2) is 4.79 Å². The van der Waals surface area contributed by atoms with Crippen molar-refractivity contribution >= 4 is 34.9 Å².